The molecule has 1 saturated heterocycles. The molecule has 1 aliphatic heterocycles. The molecule has 0 aromatic carbocycles. The summed E-state index contributed by atoms with van der Waals surface area (Å²) < 4.78 is 28.2. The summed E-state index contributed by atoms with van der Waals surface area (Å²) in [5.41, 5.74) is 0. The number of ether oxygens (including phenoxy) is 1. The van der Waals surface area contributed by atoms with Crippen molar-refractivity contribution in [3.8, 4) is 5.75 Å². The van der Waals surface area contributed by atoms with Gasteiger partial charge in [0.1, 0.15) is 15.6 Å². The van der Waals surface area contributed by atoms with Gasteiger partial charge in [-0.1, -0.05) is 0 Å². The van der Waals surface area contributed by atoms with Crippen molar-refractivity contribution in [3.05, 3.63) is 24.5 Å². The molecule has 0 spiro atoms. The third-order valence-electron chi connectivity index (χ3n) is 3.40. The Labute approximate surface area is 118 Å². The summed E-state index contributed by atoms with van der Waals surface area (Å²) in [4.78, 5) is 17.5. The number of aromatic nitrogens is 1. The lowest BCUT2D eigenvalue weighted by atomic mass is 10.1. The Bertz CT molecular complexity index is 551. The zero-order valence-electron chi connectivity index (χ0n) is 11.4. The number of nitrogens with zero attached hydrogens (tertiary/aromatic N) is 2. The van der Waals surface area contributed by atoms with Crippen molar-refractivity contribution in [2.75, 3.05) is 26.0 Å². The average molecular weight is 298 g/mol. The monoisotopic (exact) mass is 298 g/mol. The Morgan fingerprint density at radius 3 is 2.70 bits per heavy atom. The third kappa shape index (κ3) is 3.93. The Morgan fingerprint density at radius 2 is 2.15 bits per heavy atom. The zero-order chi connectivity index (χ0) is 14.6. The number of rotatable bonds is 4. The molecule has 0 N–H and O–H groups in total. The number of piperidine rings is 1. The molecule has 0 saturated carbocycles. The highest BCUT2D eigenvalue weighted by Crippen LogP contribution is 2.17. The molecule has 1 aromatic heterocycles. The summed E-state index contributed by atoms with van der Waals surface area (Å²) in [5.74, 6) is 0.424. The zero-order valence-corrected chi connectivity index (χ0v) is 12.2. The maximum Gasteiger partial charge on any atom is 0.260 e. The van der Waals surface area contributed by atoms with E-state index in [9.17, 15) is 13.2 Å². The van der Waals surface area contributed by atoms with Crippen LogP contribution in [-0.4, -0.2) is 55.4 Å². The van der Waals surface area contributed by atoms with Crippen LogP contribution in [0.3, 0.4) is 0 Å². The minimum atomic E-state index is -3.01. The minimum absolute atomic E-state index is 0.0464. The number of hydrogen-bond acceptors (Lipinski definition) is 5. The number of pyridine rings is 1. The van der Waals surface area contributed by atoms with Gasteiger partial charge >= 0.3 is 0 Å². The minimum Gasteiger partial charge on any atom is -0.482 e. The van der Waals surface area contributed by atoms with Crippen molar-refractivity contribution < 1.29 is 17.9 Å². The predicted octanol–water partition coefficient (Wildman–Crippen LogP) is 0.496. The molecule has 1 amide bonds. The van der Waals surface area contributed by atoms with Gasteiger partial charge in [-0.15, -0.1) is 0 Å². The lowest BCUT2D eigenvalue weighted by molar-refractivity contribution is -0.134. The molecule has 1 aromatic rings. The summed E-state index contributed by atoms with van der Waals surface area (Å²) in [5, 5.41) is -0.328. The Hall–Kier alpha value is -1.63. The summed E-state index contributed by atoms with van der Waals surface area (Å²) in [6, 6.07) is 3.47. The van der Waals surface area contributed by atoms with Crippen molar-refractivity contribution in [1.29, 1.82) is 0 Å². The van der Waals surface area contributed by atoms with Gasteiger partial charge in [0.25, 0.3) is 5.91 Å². The number of hydrogen-bond donors (Lipinski definition) is 0. The molecule has 20 heavy (non-hydrogen) atoms. The second kappa shape index (κ2) is 6.21. The van der Waals surface area contributed by atoms with Gasteiger partial charge in [0, 0.05) is 25.5 Å². The van der Waals surface area contributed by atoms with Gasteiger partial charge in [0.05, 0.1) is 11.4 Å². The molecule has 6 nitrogen and oxygen atoms in total. The van der Waals surface area contributed by atoms with E-state index in [0.29, 0.717) is 31.7 Å². The van der Waals surface area contributed by atoms with E-state index in [0.717, 1.165) is 0 Å². The highest BCUT2D eigenvalue weighted by atomic mass is 32.2. The van der Waals surface area contributed by atoms with Crippen LogP contribution in [0.25, 0.3) is 0 Å². The molecule has 7 heteroatoms. The molecular weight excluding hydrogens is 280 g/mol. The summed E-state index contributed by atoms with van der Waals surface area (Å²) in [7, 11) is -3.01. The quantitative estimate of drug-likeness (QED) is 0.809. The summed E-state index contributed by atoms with van der Waals surface area (Å²) in [6.07, 6.45) is 5.42. The Morgan fingerprint density at radius 1 is 1.45 bits per heavy atom. The molecular formula is C13H18N2O4S. The van der Waals surface area contributed by atoms with Crippen LogP contribution >= 0.6 is 0 Å². The molecule has 0 aliphatic carbocycles. The van der Waals surface area contributed by atoms with Gasteiger partial charge in [-0.05, 0) is 25.0 Å². The summed E-state index contributed by atoms with van der Waals surface area (Å²) in [6.45, 7) is 0.884. The molecule has 2 heterocycles. The molecule has 1 fully saturated rings. The van der Waals surface area contributed by atoms with Crippen molar-refractivity contribution in [1.82, 2.24) is 9.88 Å². The van der Waals surface area contributed by atoms with E-state index in [1.807, 2.05) is 0 Å². The van der Waals surface area contributed by atoms with E-state index >= 15 is 0 Å². The number of carbonyl (C=O) groups excluding carboxylic acids is 1. The second-order valence-electron chi connectivity index (χ2n) is 4.89. The smallest absolute Gasteiger partial charge is 0.260 e. The van der Waals surface area contributed by atoms with E-state index in [2.05, 4.69) is 4.98 Å². The second-order valence-corrected chi connectivity index (χ2v) is 7.21. The van der Waals surface area contributed by atoms with Crippen LogP contribution < -0.4 is 4.74 Å². The maximum atomic E-state index is 12.0. The van der Waals surface area contributed by atoms with Gasteiger partial charge in [-0.25, -0.2) is 8.42 Å². The largest absolute Gasteiger partial charge is 0.482 e. The standard InChI is InChI=1S/C13H18N2O4S/c1-20(17,18)12-4-7-15(8-5-12)13(16)10-19-11-3-2-6-14-9-11/h2-3,6,9,12H,4-5,7-8,10H2,1H3. The summed E-state index contributed by atoms with van der Waals surface area (Å²) >= 11 is 0. The third-order valence-corrected chi connectivity index (χ3v) is 5.08. The highest BCUT2D eigenvalue weighted by Gasteiger charge is 2.28. The van der Waals surface area contributed by atoms with E-state index < -0.39 is 9.84 Å². The van der Waals surface area contributed by atoms with Crippen molar-refractivity contribution in [2.45, 2.75) is 18.1 Å². The van der Waals surface area contributed by atoms with Crippen LogP contribution in [0, 0.1) is 0 Å². The van der Waals surface area contributed by atoms with Crippen molar-refractivity contribution in [2.24, 2.45) is 0 Å². The van der Waals surface area contributed by atoms with Gasteiger partial charge in [-0.3, -0.25) is 9.78 Å². The molecule has 0 bridgehead atoms. The fraction of sp³-hybridized carbons (Fsp3) is 0.538. The number of amides is 1. The van der Waals surface area contributed by atoms with E-state index in [1.54, 1.807) is 29.4 Å². The van der Waals surface area contributed by atoms with E-state index in [1.165, 1.54) is 6.26 Å². The van der Waals surface area contributed by atoms with E-state index in [4.69, 9.17) is 4.74 Å². The van der Waals surface area contributed by atoms with Crippen LogP contribution in [0.1, 0.15) is 12.8 Å². The first-order valence-electron chi connectivity index (χ1n) is 6.46. The van der Waals surface area contributed by atoms with Gasteiger partial charge < -0.3 is 9.64 Å². The first-order chi connectivity index (χ1) is 9.47. The first kappa shape index (κ1) is 14.8. The van der Waals surface area contributed by atoms with Crippen LogP contribution in [0.4, 0.5) is 0 Å². The van der Waals surface area contributed by atoms with Crippen LogP contribution in [-0.2, 0) is 14.6 Å². The SMILES string of the molecule is CS(=O)(=O)C1CCN(C(=O)COc2cccnc2)CC1. The normalized spacial score (nSPS) is 16.9. The molecule has 0 unspecified atom stereocenters. The maximum absolute atomic E-state index is 12.0. The molecule has 1 aliphatic rings. The highest BCUT2D eigenvalue weighted by molar-refractivity contribution is 7.91. The van der Waals surface area contributed by atoms with Crippen LogP contribution in [0.5, 0.6) is 5.75 Å². The molecule has 110 valence electrons. The topological polar surface area (TPSA) is 76.6 Å². The average Bonchev–Trinajstić information content (AvgIpc) is 2.45. The van der Waals surface area contributed by atoms with Gasteiger partial charge in [0.15, 0.2) is 6.61 Å². The van der Waals surface area contributed by atoms with Crippen LogP contribution in [0.2, 0.25) is 0 Å². The Kier molecular flexibility index (Phi) is 4.59. The van der Waals surface area contributed by atoms with Crippen molar-refractivity contribution >= 4 is 15.7 Å². The van der Waals surface area contributed by atoms with E-state index in [-0.39, 0.29) is 17.8 Å². The first-order valence-corrected chi connectivity index (χ1v) is 8.42. The number of sulfone groups is 1. The molecule has 2 rings (SSSR count). The van der Waals surface area contributed by atoms with Crippen molar-refractivity contribution in [3.63, 3.8) is 0 Å². The Balaban J connectivity index is 1.80. The number of likely N-dealkylation sites (tertiary alicyclic amines) is 1. The van der Waals surface area contributed by atoms with Gasteiger partial charge in [-0.2, -0.15) is 0 Å². The lowest BCUT2D eigenvalue weighted by Gasteiger charge is -2.31. The van der Waals surface area contributed by atoms with Gasteiger partial charge in [0.2, 0.25) is 0 Å². The fourth-order valence-corrected chi connectivity index (χ4v) is 3.27. The predicted molar refractivity (Wildman–Crippen MR) is 74.2 cm³/mol. The van der Waals surface area contributed by atoms with Crippen LogP contribution in [0.15, 0.2) is 24.5 Å². The molecule has 0 radical (unpaired) electrons. The molecule has 0 atom stereocenters. The fourth-order valence-electron chi connectivity index (χ4n) is 2.20. The lowest BCUT2D eigenvalue weighted by Crippen LogP contribution is -2.44. The number of carbonyl (C=O) groups is 1.